The first-order valence-corrected chi connectivity index (χ1v) is 31.7. The molecule has 3 atom stereocenters. The Bertz CT molecular complexity index is 4060. The van der Waals surface area contributed by atoms with Gasteiger partial charge < -0.3 is 9.80 Å². The highest BCUT2D eigenvalue weighted by atomic mass is 15.2. The molecule has 0 spiro atoms. The molecule has 422 valence electrons. The van der Waals surface area contributed by atoms with Gasteiger partial charge in [-0.05, 0) is 202 Å². The Labute approximate surface area is 499 Å². The average Bonchev–Trinajstić information content (AvgIpc) is 2.60. The predicted molar refractivity (Wildman–Crippen MR) is 356 cm³/mol. The summed E-state index contributed by atoms with van der Waals surface area (Å²) in [5.74, 6) is 0.254. The first-order valence-electron chi connectivity index (χ1n) is 31.7. The van der Waals surface area contributed by atoms with E-state index in [0.717, 1.165) is 6.42 Å². The number of aryl methyl sites for hydroxylation is 2. The third kappa shape index (κ3) is 7.59. The lowest BCUT2D eigenvalue weighted by Gasteiger charge is -2.49. The number of rotatable bonds is 4. The van der Waals surface area contributed by atoms with Crippen LogP contribution in [0.25, 0.3) is 11.1 Å². The lowest BCUT2D eigenvalue weighted by Crippen LogP contribution is -2.61. The second-order valence-electron chi connectivity index (χ2n) is 31.8. The zero-order valence-electron chi connectivity index (χ0n) is 53.4. The van der Waals surface area contributed by atoms with Gasteiger partial charge >= 0.3 is 0 Å². The predicted octanol–water partition coefficient (Wildman–Crippen LogP) is 19.6. The van der Waals surface area contributed by atoms with Crippen LogP contribution in [0.3, 0.4) is 0 Å². The molecule has 8 aromatic carbocycles. The van der Waals surface area contributed by atoms with Crippen LogP contribution in [0.15, 0.2) is 146 Å². The van der Waals surface area contributed by atoms with Crippen molar-refractivity contribution in [3.8, 4) is 11.1 Å². The molecule has 83 heavy (non-hydrogen) atoms. The normalized spacial score (nSPS) is 22.6. The molecule has 2 aliphatic heterocycles. The minimum absolute atomic E-state index is 0.00749. The maximum atomic E-state index is 2.75. The Morgan fingerprint density at radius 2 is 1.00 bits per heavy atom. The standard InChI is InChI=1S/C80H89BN2/c1-48-38-69-72-70(39-48)83(66-46-62-61(40-49(66)2)77(13,14)56-28-22-23-29-57(56)78(62,15)16)68-45-60-59(75(9,10)47-76(60,11)12)44-64(68)81(72)63-34-30-51(71-54-33-31-53(74(6,7)8)43-58(54)79(17)36-24-25-37-80(71,79)18)41-67(63)82(69)65-35-32-52(73(3,4)5)42-55(65)50-26-20-19-21-27-50/h19-23,26-35,38-46,71H,24-25,36-37,47H2,1-18H3. The molecule has 1 fully saturated rings. The molecule has 2 nitrogen and oxygen atoms in total. The molecular formula is C80H89BN2. The van der Waals surface area contributed by atoms with Gasteiger partial charge in [-0.15, -0.1) is 0 Å². The maximum Gasteiger partial charge on any atom is 0.252 e. The van der Waals surface area contributed by atoms with Gasteiger partial charge in [-0.25, -0.2) is 0 Å². The van der Waals surface area contributed by atoms with Crippen molar-refractivity contribution in [1.29, 1.82) is 0 Å². The van der Waals surface area contributed by atoms with Crippen molar-refractivity contribution in [2.75, 3.05) is 9.80 Å². The van der Waals surface area contributed by atoms with Gasteiger partial charge in [-0.3, -0.25) is 0 Å². The van der Waals surface area contributed by atoms with Crippen LogP contribution < -0.4 is 26.2 Å². The van der Waals surface area contributed by atoms with Gasteiger partial charge in [-0.2, -0.15) is 0 Å². The van der Waals surface area contributed by atoms with Gasteiger partial charge in [0.25, 0.3) is 6.71 Å². The van der Waals surface area contributed by atoms with Crippen LogP contribution in [-0.2, 0) is 37.9 Å². The number of hydrogen-bond donors (Lipinski definition) is 0. The molecule has 0 amide bonds. The van der Waals surface area contributed by atoms with Gasteiger partial charge in [0.15, 0.2) is 0 Å². The lowest BCUT2D eigenvalue weighted by atomic mass is 9.33. The minimum Gasteiger partial charge on any atom is -0.311 e. The van der Waals surface area contributed by atoms with Crippen LogP contribution in [-0.4, -0.2) is 6.71 Å². The van der Waals surface area contributed by atoms with Crippen LogP contribution in [0.2, 0.25) is 0 Å². The maximum absolute atomic E-state index is 2.75. The SMILES string of the molecule is Cc1cc2c3c(c1)N(c1ccc(C(C)(C)C)cc1-c1ccccc1)c1cc(C4c5ccc(C(C)(C)C)cc5C5(C)CCCCC45C)ccc1B3c1cc3c(cc1N2c1cc2c(cc1C)C(C)(C)c1ccccc1C2(C)C)C(C)(C)CC3(C)C. The molecule has 0 bridgehead atoms. The smallest absolute Gasteiger partial charge is 0.252 e. The van der Waals surface area contributed by atoms with E-state index < -0.39 is 0 Å². The summed E-state index contributed by atoms with van der Waals surface area (Å²) in [4.78, 5) is 5.51. The number of fused-ring (bicyclic) bond motifs is 10. The van der Waals surface area contributed by atoms with Crippen molar-refractivity contribution < 1.29 is 0 Å². The van der Waals surface area contributed by atoms with Crippen LogP contribution >= 0.6 is 0 Å². The molecule has 3 heteroatoms. The molecular weight excluding hydrogens is 1000 g/mol. The molecule has 8 aromatic rings. The van der Waals surface area contributed by atoms with Crippen molar-refractivity contribution in [3.63, 3.8) is 0 Å². The highest BCUT2D eigenvalue weighted by Crippen LogP contribution is 2.67. The summed E-state index contributed by atoms with van der Waals surface area (Å²) in [5, 5.41) is 0. The van der Waals surface area contributed by atoms with Crippen LogP contribution in [0.1, 0.15) is 221 Å². The molecule has 0 saturated heterocycles. The van der Waals surface area contributed by atoms with E-state index in [4.69, 9.17) is 0 Å². The van der Waals surface area contributed by atoms with E-state index in [0.29, 0.717) is 0 Å². The first kappa shape index (κ1) is 54.4. The molecule has 2 heterocycles. The topological polar surface area (TPSA) is 6.48 Å². The van der Waals surface area contributed by atoms with E-state index in [1.807, 2.05) is 0 Å². The Balaban J connectivity index is 1.09. The second kappa shape index (κ2) is 17.5. The number of benzene rings is 8. The number of nitrogens with zero attached hydrogens (tertiary/aromatic N) is 2. The van der Waals surface area contributed by atoms with Crippen molar-refractivity contribution in [2.24, 2.45) is 5.41 Å². The molecule has 1 saturated carbocycles. The van der Waals surface area contributed by atoms with Crippen LogP contribution in [0.4, 0.5) is 34.1 Å². The lowest BCUT2D eigenvalue weighted by molar-refractivity contribution is 0.0923. The Morgan fingerprint density at radius 3 is 1.65 bits per heavy atom. The summed E-state index contributed by atoms with van der Waals surface area (Å²) >= 11 is 0. The van der Waals surface area contributed by atoms with Crippen molar-refractivity contribution in [2.45, 2.75) is 201 Å². The van der Waals surface area contributed by atoms with Crippen LogP contribution in [0, 0.1) is 19.3 Å². The second-order valence-corrected chi connectivity index (χ2v) is 31.8. The van der Waals surface area contributed by atoms with Gasteiger partial charge in [-0.1, -0.05) is 227 Å². The van der Waals surface area contributed by atoms with Gasteiger partial charge in [0.2, 0.25) is 0 Å². The van der Waals surface area contributed by atoms with E-state index >= 15 is 0 Å². The fraction of sp³-hybridized carbons (Fsp3) is 0.400. The summed E-state index contributed by atoms with van der Waals surface area (Å²) in [6.45, 7) is 44.1. The fourth-order valence-corrected chi connectivity index (χ4v) is 18.3. The highest BCUT2D eigenvalue weighted by Gasteiger charge is 2.59. The van der Waals surface area contributed by atoms with E-state index in [1.54, 1.807) is 11.1 Å². The third-order valence-corrected chi connectivity index (χ3v) is 22.8. The van der Waals surface area contributed by atoms with E-state index in [2.05, 4.69) is 280 Å². The Morgan fingerprint density at radius 1 is 0.446 bits per heavy atom. The summed E-state index contributed by atoms with van der Waals surface area (Å²) < 4.78 is 0. The Hall–Kier alpha value is -6.58. The molecule has 0 radical (unpaired) electrons. The summed E-state index contributed by atoms with van der Waals surface area (Å²) in [5.41, 5.74) is 32.9. The molecule has 0 N–H and O–H groups in total. The third-order valence-electron chi connectivity index (χ3n) is 22.8. The van der Waals surface area contributed by atoms with E-state index in [-0.39, 0.29) is 56.0 Å². The number of anilines is 6. The molecule has 3 unspecified atom stereocenters. The van der Waals surface area contributed by atoms with Crippen molar-refractivity contribution in [1.82, 2.24) is 0 Å². The molecule has 6 aliphatic rings. The molecule has 14 rings (SSSR count). The summed E-state index contributed by atoms with van der Waals surface area (Å²) in [6, 6.07) is 59.3. The monoisotopic (exact) mass is 1090 g/mol. The quantitative estimate of drug-likeness (QED) is 0.162. The summed E-state index contributed by atoms with van der Waals surface area (Å²) in [7, 11) is 0. The van der Waals surface area contributed by atoms with Gasteiger partial charge in [0.05, 0.1) is 5.69 Å². The van der Waals surface area contributed by atoms with Crippen molar-refractivity contribution >= 4 is 57.2 Å². The fourth-order valence-electron chi connectivity index (χ4n) is 18.3. The van der Waals surface area contributed by atoms with E-state index in [9.17, 15) is 0 Å². The molecule has 0 aromatic heterocycles. The highest BCUT2D eigenvalue weighted by molar-refractivity contribution is 7.00. The zero-order chi connectivity index (χ0) is 58.7. The van der Waals surface area contributed by atoms with Crippen LogP contribution in [0.5, 0.6) is 0 Å². The first-order chi connectivity index (χ1) is 39.0. The minimum atomic E-state index is -0.206. The summed E-state index contributed by atoms with van der Waals surface area (Å²) in [6.07, 6.45) is 6.12. The average molecular weight is 1090 g/mol. The zero-order valence-corrected chi connectivity index (χ0v) is 53.4. The largest absolute Gasteiger partial charge is 0.311 e. The van der Waals surface area contributed by atoms with Gasteiger partial charge in [0.1, 0.15) is 0 Å². The Kier molecular flexibility index (Phi) is 11.5. The molecule has 4 aliphatic carbocycles. The number of hydrogen-bond acceptors (Lipinski definition) is 2. The van der Waals surface area contributed by atoms with E-state index in [1.165, 1.54) is 149 Å². The van der Waals surface area contributed by atoms with Crippen molar-refractivity contribution in [3.05, 3.63) is 218 Å². The van der Waals surface area contributed by atoms with Gasteiger partial charge in [0, 0.05) is 50.7 Å².